The number of benzene rings is 2. The number of methoxy groups -OCH3 is 1. The summed E-state index contributed by atoms with van der Waals surface area (Å²) in [5.74, 6) is 0.883. The zero-order chi connectivity index (χ0) is 15.9. The van der Waals surface area contributed by atoms with Crippen molar-refractivity contribution in [3.8, 4) is 5.75 Å². The number of nitrogens with one attached hydrogen (secondary N) is 1. The van der Waals surface area contributed by atoms with E-state index in [-0.39, 0.29) is 0 Å². The van der Waals surface area contributed by atoms with Crippen LogP contribution in [0.15, 0.2) is 54.6 Å². The fourth-order valence-electron chi connectivity index (χ4n) is 3.14. The van der Waals surface area contributed by atoms with Crippen LogP contribution in [0.1, 0.15) is 24.8 Å². The zero-order valence-corrected chi connectivity index (χ0v) is 13.7. The molecule has 122 valence electrons. The van der Waals surface area contributed by atoms with Gasteiger partial charge in [-0.15, -0.1) is 0 Å². The van der Waals surface area contributed by atoms with E-state index in [1.54, 1.807) is 7.11 Å². The highest BCUT2D eigenvalue weighted by Gasteiger charge is 2.25. The normalized spacial score (nSPS) is 18.6. The molecule has 3 rings (SSSR count). The minimum atomic E-state index is 0.306. The summed E-state index contributed by atoms with van der Waals surface area (Å²) in [6, 6.07) is 19.1. The minimum absolute atomic E-state index is 0.306. The average Bonchev–Trinajstić information content (AvgIpc) is 3.14. The largest absolute Gasteiger partial charge is 0.497 e. The molecule has 23 heavy (non-hydrogen) atoms. The molecule has 2 atom stereocenters. The van der Waals surface area contributed by atoms with Gasteiger partial charge in [-0.2, -0.15) is 0 Å². The fourth-order valence-corrected chi connectivity index (χ4v) is 3.14. The number of rotatable bonds is 7. The molecule has 3 heteroatoms. The van der Waals surface area contributed by atoms with Crippen molar-refractivity contribution in [2.75, 3.05) is 19.0 Å². The second-order valence-electron chi connectivity index (χ2n) is 6.06. The van der Waals surface area contributed by atoms with Crippen LogP contribution in [0, 0.1) is 0 Å². The molecule has 1 aliphatic rings. The first-order chi connectivity index (χ1) is 11.3. The van der Waals surface area contributed by atoms with E-state index in [2.05, 4.69) is 47.8 Å². The van der Waals surface area contributed by atoms with Crippen LogP contribution < -0.4 is 10.1 Å². The summed E-state index contributed by atoms with van der Waals surface area (Å²) in [7, 11) is 1.69. The molecule has 2 unspecified atom stereocenters. The maximum Gasteiger partial charge on any atom is 0.119 e. The van der Waals surface area contributed by atoms with Crippen LogP contribution in [0.5, 0.6) is 5.75 Å². The Hall–Kier alpha value is -2.00. The van der Waals surface area contributed by atoms with E-state index < -0.39 is 0 Å². The highest BCUT2D eigenvalue weighted by atomic mass is 16.5. The number of ether oxygens (including phenoxy) is 2. The topological polar surface area (TPSA) is 30.5 Å². The lowest BCUT2D eigenvalue weighted by atomic mass is 9.99. The molecule has 0 aliphatic carbocycles. The Morgan fingerprint density at radius 3 is 2.57 bits per heavy atom. The molecule has 0 aromatic heterocycles. The highest BCUT2D eigenvalue weighted by molar-refractivity contribution is 5.47. The van der Waals surface area contributed by atoms with Crippen LogP contribution in [0.25, 0.3) is 0 Å². The lowest BCUT2D eigenvalue weighted by Crippen LogP contribution is -2.33. The second-order valence-corrected chi connectivity index (χ2v) is 6.06. The first-order valence-electron chi connectivity index (χ1n) is 8.41. The molecule has 0 bridgehead atoms. The molecule has 2 aromatic carbocycles. The van der Waals surface area contributed by atoms with Gasteiger partial charge in [-0.1, -0.05) is 30.3 Å². The Morgan fingerprint density at radius 1 is 1.13 bits per heavy atom. The first-order valence-corrected chi connectivity index (χ1v) is 8.41. The van der Waals surface area contributed by atoms with Gasteiger partial charge in [0.15, 0.2) is 0 Å². The van der Waals surface area contributed by atoms with Crippen molar-refractivity contribution in [3.63, 3.8) is 0 Å². The molecule has 0 saturated carbocycles. The molecule has 0 radical (unpaired) electrons. The zero-order valence-electron chi connectivity index (χ0n) is 13.7. The molecule has 0 amide bonds. The van der Waals surface area contributed by atoms with Crippen LogP contribution in [-0.2, 0) is 11.2 Å². The van der Waals surface area contributed by atoms with Crippen LogP contribution in [0.4, 0.5) is 5.69 Å². The standard InChI is InChI=1S/C20H25NO2/c1-22-18-12-10-17(11-13-18)21-19(20-8-5-15-23-20)14-9-16-6-3-2-4-7-16/h2-4,6-7,10-13,19-21H,5,8-9,14-15H2,1H3. The Kier molecular flexibility index (Phi) is 5.54. The lowest BCUT2D eigenvalue weighted by Gasteiger charge is -2.25. The lowest BCUT2D eigenvalue weighted by molar-refractivity contribution is 0.0931. The molecule has 3 nitrogen and oxygen atoms in total. The Balaban J connectivity index is 1.64. The summed E-state index contributed by atoms with van der Waals surface area (Å²) in [6.45, 7) is 0.886. The van der Waals surface area contributed by atoms with Crippen molar-refractivity contribution < 1.29 is 9.47 Å². The molecular formula is C20H25NO2. The van der Waals surface area contributed by atoms with E-state index in [1.165, 1.54) is 5.56 Å². The fraction of sp³-hybridized carbons (Fsp3) is 0.400. The summed E-state index contributed by atoms with van der Waals surface area (Å²) in [5, 5.41) is 3.66. The van der Waals surface area contributed by atoms with Crippen molar-refractivity contribution >= 4 is 5.69 Å². The predicted molar refractivity (Wildman–Crippen MR) is 94.1 cm³/mol. The van der Waals surface area contributed by atoms with E-state index in [0.29, 0.717) is 12.1 Å². The van der Waals surface area contributed by atoms with Gasteiger partial charge in [0, 0.05) is 12.3 Å². The second kappa shape index (κ2) is 8.02. The molecule has 1 N–H and O–H groups in total. The van der Waals surface area contributed by atoms with Crippen molar-refractivity contribution in [2.24, 2.45) is 0 Å². The van der Waals surface area contributed by atoms with Gasteiger partial charge in [0.1, 0.15) is 5.75 Å². The molecule has 1 heterocycles. The van der Waals surface area contributed by atoms with Crippen molar-refractivity contribution in [2.45, 2.75) is 37.8 Å². The van der Waals surface area contributed by atoms with Gasteiger partial charge >= 0.3 is 0 Å². The van der Waals surface area contributed by atoms with E-state index >= 15 is 0 Å². The third-order valence-corrected chi connectivity index (χ3v) is 4.44. The van der Waals surface area contributed by atoms with Gasteiger partial charge in [-0.25, -0.2) is 0 Å². The molecular weight excluding hydrogens is 286 g/mol. The van der Waals surface area contributed by atoms with Crippen LogP contribution in [0.3, 0.4) is 0 Å². The van der Waals surface area contributed by atoms with Crippen molar-refractivity contribution in [1.29, 1.82) is 0 Å². The third kappa shape index (κ3) is 4.49. The van der Waals surface area contributed by atoms with Gasteiger partial charge in [0.25, 0.3) is 0 Å². The molecule has 2 aromatic rings. The van der Waals surface area contributed by atoms with E-state index in [9.17, 15) is 0 Å². The molecule has 0 spiro atoms. The summed E-state index contributed by atoms with van der Waals surface area (Å²) >= 11 is 0. The molecule has 1 fully saturated rings. The predicted octanol–water partition coefficient (Wildman–Crippen LogP) is 4.29. The van der Waals surface area contributed by atoms with Crippen LogP contribution >= 0.6 is 0 Å². The minimum Gasteiger partial charge on any atom is -0.497 e. The smallest absolute Gasteiger partial charge is 0.119 e. The average molecular weight is 311 g/mol. The Morgan fingerprint density at radius 2 is 1.91 bits per heavy atom. The van der Waals surface area contributed by atoms with Gasteiger partial charge in [-0.05, 0) is 55.5 Å². The van der Waals surface area contributed by atoms with Gasteiger partial charge in [-0.3, -0.25) is 0 Å². The maximum atomic E-state index is 5.93. The Bertz CT molecular complexity index is 576. The third-order valence-electron chi connectivity index (χ3n) is 4.44. The van der Waals surface area contributed by atoms with Gasteiger partial charge in [0.2, 0.25) is 0 Å². The SMILES string of the molecule is COc1ccc(NC(CCc2ccccc2)C2CCCO2)cc1. The van der Waals surface area contributed by atoms with Gasteiger partial charge < -0.3 is 14.8 Å². The van der Waals surface area contributed by atoms with Gasteiger partial charge in [0.05, 0.1) is 19.3 Å². The monoisotopic (exact) mass is 311 g/mol. The highest BCUT2D eigenvalue weighted by Crippen LogP contribution is 2.24. The van der Waals surface area contributed by atoms with Crippen LogP contribution in [-0.4, -0.2) is 25.9 Å². The van der Waals surface area contributed by atoms with Crippen molar-refractivity contribution in [3.05, 3.63) is 60.2 Å². The molecule has 1 aliphatic heterocycles. The van der Waals surface area contributed by atoms with E-state index in [0.717, 1.165) is 43.7 Å². The quantitative estimate of drug-likeness (QED) is 0.827. The summed E-state index contributed by atoms with van der Waals surface area (Å²) < 4.78 is 11.2. The van der Waals surface area contributed by atoms with Crippen molar-refractivity contribution in [1.82, 2.24) is 0 Å². The maximum absolute atomic E-state index is 5.93. The Labute approximate surface area is 138 Å². The number of hydrogen-bond acceptors (Lipinski definition) is 3. The number of anilines is 1. The summed E-state index contributed by atoms with van der Waals surface area (Å²) in [5.41, 5.74) is 2.51. The van der Waals surface area contributed by atoms with Crippen LogP contribution in [0.2, 0.25) is 0 Å². The summed E-state index contributed by atoms with van der Waals surface area (Å²) in [6.07, 6.45) is 4.75. The molecule has 1 saturated heterocycles. The van der Waals surface area contributed by atoms with E-state index in [1.807, 2.05) is 12.1 Å². The first kappa shape index (κ1) is 15.9. The number of aryl methyl sites for hydroxylation is 1. The summed E-state index contributed by atoms with van der Waals surface area (Å²) in [4.78, 5) is 0. The number of hydrogen-bond donors (Lipinski definition) is 1. The van der Waals surface area contributed by atoms with E-state index in [4.69, 9.17) is 9.47 Å².